The molecule has 1 saturated heterocycles. The molecule has 2 fully saturated rings. The molecule has 1 aliphatic heterocycles. The van der Waals surface area contributed by atoms with E-state index in [2.05, 4.69) is 0 Å². The number of benzene rings is 1. The van der Waals surface area contributed by atoms with Crippen LogP contribution in [0.4, 0.5) is 0 Å². The molecule has 1 heterocycles. The number of aliphatic carboxylic acids is 1. The summed E-state index contributed by atoms with van der Waals surface area (Å²) in [6, 6.07) is 9.31. The molecule has 1 saturated carbocycles. The molecule has 2 aliphatic rings. The summed E-state index contributed by atoms with van der Waals surface area (Å²) >= 11 is 0. The van der Waals surface area contributed by atoms with Gasteiger partial charge in [0.25, 0.3) is 0 Å². The van der Waals surface area contributed by atoms with Crippen molar-refractivity contribution in [3.63, 3.8) is 0 Å². The second-order valence-corrected chi connectivity index (χ2v) is 6.55. The highest BCUT2D eigenvalue weighted by atomic mass is 16.4. The molecule has 4 heteroatoms. The zero-order valence-electron chi connectivity index (χ0n) is 12.8. The maximum Gasteiger partial charge on any atom is 0.309 e. The summed E-state index contributed by atoms with van der Waals surface area (Å²) in [4.78, 5) is 25.8. The summed E-state index contributed by atoms with van der Waals surface area (Å²) in [6.45, 7) is 0.710. The maximum atomic E-state index is 12.4. The lowest BCUT2D eigenvalue weighted by atomic mass is 9.88. The fourth-order valence-electron chi connectivity index (χ4n) is 3.94. The van der Waals surface area contributed by atoms with Crippen LogP contribution in [0.15, 0.2) is 30.3 Å². The van der Waals surface area contributed by atoms with Gasteiger partial charge in [0.1, 0.15) is 0 Å². The molecule has 0 bridgehead atoms. The van der Waals surface area contributed by atoms with Crippen molar-refractivity contribution in [1.82, 2.24) is 4.90 Å². The van der Waals surface area contributed by atoms with Gasteiger partial charge in [-0.15, -0.1) is 0 Å². The Kier molecular flexibility index (Phi) is 4.46. The third kappa shape index (κ3) is 3.01. The highest BCUT2D eigenvalue weighted by Gasteiger charge is 2.45. The van der Waals surface area contributed by atoms with Crippen molar-refractivity contribution in [2.45, 2.75) is 44.6 Å². The van der Waals surface area contributed by atoms with E-state index < -0.39 is 11.9 Å². The van der Waals surface area contributed by atoms with Gasteiger partial charge in [0.15, 0.2) is 0 Å². The van der Waals surface area contributed by atoms with E-state index >= 15 is 0 Å². The zero-order valence-corrected chi connectivity index (χ0v) is 12.8. The van der Waals surface area contributed by atoms with Gasteiger partial charge >= 0.3 is 5.97 Å². The van der Waals surface area contributed by atoms with Crippen LogP contribution < -0.4 is 0 Å². The first-order valence-electron chi connectivity index (χ1n) is 8.24. The quantitative estimate of drug-likeness (QED) is 0.928. The average molecular weight is 301 g/mol. The number of carboxylic acids is 1. The van der Waals surface area contributed by atoms with Gasteiger partial charge in [-0.1, -0.05) is 49.6 Å². The van der Waals surface area contributed by atoms with Gasteiger partial charge in [0.2, 0.25) is 5.91 Å². The predicted octanol–water partition coefficient (Wildman–Crippen LogP) is 3.24. The Hall–Kier alpha value is -1.84. The number of likely N-dealkylation sites (tertiary alicyclic amines) is 1. The second kappa shape index (κ2) is 6.51. The van der Waals surface area contributed by atoms with Crippen LogP contribution in [-0.4, -0.2) is 28.4 Å². The third-order valence-electron chi connectivity index (χ3n) is 5.07. The first-order valence-corrected chi connectivity index (χ1v) is 8.24. The van der Waals surface area contributed by atoms with Gasteiger partial charge in [-0.3, -0.25) is 9.59 Å². The molecule has 0 spiro atoms. The maximum absolute atomic E-state index is 12.4. The van der Waals surface area contributed by atoms with Gasteiger partial charge in [-0.2, -0.15) is 0 Å². The van der Waals surface area contributed by atoms with E-state index in [0.29, 0.717) is 12.5 Å². The van der Waals surface area contributed by atoms with Crippen LogP contribution in [0.25, 0.3) is 0 Å². The Balaban J connectivity index is 1.84. The molecule has 1 amide bonds. The molecule has 1 N–H and O–H groups in total. The van der Waals surface area contributed by atoms with E-state index in [4.69, 9.17) is 0 Å². The van der Waals surface area contributed by atoms with E-state index in [-0.39, 0.29) is 18.4 Å². The lowest BCUT2D eigenvalue weighted by Gasteiger charge is -2.32. The minimum absolute atomic E-state index is 0.00757. The molecular weight excluding hydrogens is 278 g/mol. The van der Waals surface area contributed by atoms with E-state index in [9.17, 15) is 14.7 Å². The fraction of sp³-hybridized carbons (Fsp3) is 0.556. The van der Waals surface area contributed by atoms with E-state index in [1.165, 1.54) is 19.3 Å². The van der Waals surface area contributed by atoms with E-state index in [0.717, 1.165) is 18.4 Å². The third-order valence-corrected chi connectivity index (χ3v) is 5.07. The number of carbonyl (C=O) groups excluding carboxylic acids is 1. The van der Waals surface area contributed by atoms with Crippen LogP contribution in [-0.2, 0) is 9.59 Å². The topological polar surface area (TPSA) is 57.6 Å². The smallest absolute Gasteiger partial charge is 0.309 e. The SMILES string of the molecule is O=C(O)C1CC(=O)N(CC2CCCCC2)C1c1ccccc1. The van der Waals surface area contributed by atoms with Crippen LogP contribution in [0.3, 0.4) is 0 Å². The Morgan fingerprint density at radius 1 is 1.14 bits per heavy atom. The van der Waals surface area contributed by atoms with E-state index in [1.54, 1.807) is 0 Å². The molecule has 0 radical (unpaired) electrons. The predicted molar refractivity (Wildman–Crippen MR) is 83.2 cm³/mol. The summed E-state index contributed by atoms with van der Waals surface area (Å²) in [5.74, 6) is -0.977. The van der Waals surface area contributed by atoms with Crippen LogP contribution in [0, 0.1) is 11.8 Å². The summed E-state index contributed by atoms with van der Waals surface area (Å²) in [5, 5.41) is 9.51. The van der Waals surface area contributed by atoms with Crippen molar-refractivity contribution in [2.75, 3.05) is 6.54 Å². The molecule has 22 heavy (non-hydrogen) atoms. The number of hydrogen-bond donors (Lipinski definition) is 1. The molecule has 2 unspecified atom stereocenters. The number of rotatable bonds is 4. The molecule has 118 valence electrons. The summed E-state index contributed by atoms with van der Waals surface area (Å²) < 4.78 is 0. The number of nitrogens with zero attached hydrogens (tertiary/aromatic N) is 1. The number of carboxylic acid groups (broad SMARTS) is 1. The Labute approximate surface area is 131 Å². The summed E-state index contributed by atoms with van der Waals surface area (Å²) in [7, 11) is 0. The number of amides is 1. The van der Waals surface area contributed by atoms with Crippen molar-refractivity contribution in [1.29, 1.82) is 0 Å². The minimum atomic E-state index is -0.867. The fourth-order valence-corrected chi connectivity index (χ4v) is 3.94. The Morgan fingerprint density at radius 3 is 2.45 bits per heavy atom. The molecule has 0 aromatic heterocycles. The molecule has 2 atom stereocenters. The van der Waals surface area contributed by atoms with E-state index in [1.807, 2.05) is 35.2 Å². The van der Waals surface area contributed by atoms with Crippen molar-refractivity contribution in [3.8, 4) is 0 Å². The lowest BCUT2D eigenvalue weighted by Crippen LogP contribution is -2.35. The second-order valence-electron chi connectivity index (χ2n) is 6.55. The monoisotopic (exact) mass is 301 g/mol. The molecule has 4 nitrogen and oxygen atoms in total. The standard InChI is InChI=1S/C18H23NO3/c20-16-11-15(18(21)22)17(14-9-5-2-6-10-14)19(16)12-13-7-3-1-4-8-13/h2,5-6,9-10,13,15,17H,1,3-4,7-8,11-12H2,(H,21,22). The molecule has 1 aromatic rings. The average Bonchev–Trinajstić information content (AvgIpc) is 2.86. The van der Waals surface area contributed by atoms with Crippen LogP contribution in [0.2, 0.25) is 0 Å². The molecule has 3 rings (SSSR count). The van der Waals surface area contributed by atoms with Crippen molar-refractivity contribution < 1.29 is 14.7 Å². The Bertz CT molecular complexity index is 537. The number of hydrogen-bond acceptors (Lipinski definition) is 2. The van der Waals surface area contributed by atoms with Crippen molar-refractivity contribution in [2.24, 2.45) is 11.8 Å². The number of carbonyl (C=O) groups is 2. The van der Waals surface area contributed by atoms with Gasteiger partial charge in [-0.05, 0) is 24.3 Å². The lowest BCUT2D eigenvalue weighted by molar-refractivity contribution is -0.142. The largest absolute Gasteiger partial charge is 0.481 e. The first kappa shape index (κ1) is 15.1. The molecule has 1 aliphatic carbocycles. The normalized spacial score (nSPS) is 26.4. The van der Waals surface area contributed by atoms with Gasteiger partial charge in [0.05, 0.1) is 12.0 Å². The van der Waals surface area contributed by atoms with Gasteiger partial charge in [-0.25, -0.2) is 0 Å². The molecule has 1 aromatic carbocycles. The highest BCUT2D eigenvalue weighted by molar-refractivity contribution is 5.87. The Morgan fingerprint density at radius 2 is 1.82 bits per heavy atom. The van der Waals surface area contributed by atoms with Crippen LogP contribution in [0.1, 0.15) is 50.1 Å². The summed E-state index contributed by atoms with van der Waals surface area (Å²) in [5.41, 5.74) is 0.941. The summed E-state index contributed by atoms with van der Waals surface area (Å²) in [6.07, 6.45) is 6.17. The van der Waals surface area contributed by atoms with Crippen LogP contribution >= 0.6 is 0 Å². The first-order chi connectivity index (χ1) is 10.7. The van der Waals surface area contributed by atoms with Crippen molar-refractivity contribution in [3.05, 3.63) is 35.9 Å². The van der Waals surface area contributed by atoms with Crippen LogP contribution in [0.5, 0.6) is 0 Å². The minimum Gasteiger partial charge on any atom is -0.481 e. The van der Waals surface area contributed by atoms with Gasteiger partial charge in [0, 0.05) is 13.0 Å². The van der Waals surface area contributed by atoms with Gasteiger partial charge < -0.3 is 10.0 Å². The zero-order chi connectivity index (χ0) is 15.5. The highest BCUT2D eigenvalue weighted by Crippen LogP contribution is 2.40. The van der Waals surface area contributed by atoms with Crippen molar-refractivity contribution >= 4 is 11.9 Å². The molecular formula is C18H23NO3.